The number of anilines is 2. The molecule has 18 heavy (non-hydrogen) atoms. The SMILES string of the molecule is N#Cc1cc(Cl)ccc1Nc1ccc(F)cc1I. The molecule has 90 valence electrons. The predicted molar refractivity (Wildman–Crippen MR) is 78.6 cm³/mol. The van der Waals surface area contributed by atoms with Crippen molar-refractivity contribution in [1.82, 2.24) is 0 Å². The summed E-state index contributed by atoms with van der Waals surface area (Å²) in [5, 5.41) is 12.6. The summed E-state index contributed by atoms with van der Waals surface area (Å²) in [7, 11) is 0. The highest BCUT2D eigenvalue weighted by atomic mass is 127. The summed E-state index contributed by atoms with van der Waals surface area (Å²) >= 11 is 7.85. The Morgan fingerprint density at radius 2 is 1.89 bits per heavy atom. The molecule has 2 nitrogen and oxygen atoms in total. The third kappa shape index (κ3) is 2.92. The standard InChI is InChI=1S/C13H7ClFIN2/c14-9-1-3-12(8(5-9)7-17)18-13-4-2-10(15)6-11(13)16/h1-6,18H. The number of nitrogens with one attached hydrogen (secondary N) is 1. The van der Waals surface area contributed by atoms with Crippen LogP contribution in [0.15, 0.2) is 36.4 Å². The first-order valence-electron chi connectivity index (χ1n) is 5.02. The minimum absolute atomic E-state index is 0.290. The van der Waals surface area contributed by atoms with Crippen molar-refractivity contribution in [2.45, 2.75) is 0 Å². The van der Waals surface area contributed by atoms with Crippen molar-refractivity contribution in [1.29, 1.82) is 5.26 Å². The van der Waals surface area contributed by atoms with Crippen LogP contribution in [0.25, 0.3) is 0 Å². The normalized spacial score (nSPS) is 9.89. The van der Waals surface area contributed by atoms with Crippen molar-refractivity contribution in [3.8, 4) is 6.07 Å². The minimum Gasteiger partial charge on any atom is -0.354 e. The molecule has 2 aromatic rings. The summed E-state index contributed by atoms with van der Waals surface area (Å²) < 4.78 is 13.7. The van der Waals surface area contributed by atoms with Gasteiger partial charge in [-0.1, -0.05) is 11.6 Å². The second-order valence-corrected chi connectivity index (χ2v) is 5.15. The fourth-order valence-corrected chi connectivity index (χ4v) is 2.24. The van der Waals surface area contributed by atoms with E-state index in [0.717, 1.165) is 9.26 Å². The van der Waals surface area contributed by atoms with Gasteiger partial charge >= 0.3 is 0 Å². The molecule has 1 N–H and O–H groups in total. The van der Waals surface area contributed by atoms with E-state index < -0.39 is 0 Å². The lowest BCUT2D eigenvalue weighted by Crippen LogP contribution is -1.96. The van der Waals surface area contributed by atoms with Gasteiger partial charge in [-0.2, -0.15) is 5.26 Å². The van der Waals surface area contributed by atoms with E-state index >= 15 is 0 Å². The number of hydrogen-bond acceptors (Lipinski definition) is 2. The van der Waals surface area contributed by atoms with Gasteiger partial charge in [0.15, 0.2) is 0 Å². The highest BCUT2D eigenvalue weighted by Crippen LogP contribution is 2.27. The first kappa shape index (κ1) is 13.1. The van der Waals surface area contributed by atoms with Crippen molar-refractivity contribution >= 4 is 45.6 Å². The summed E-state index contributed by atoms with van der Waals surface area (Å²) in [6.07, 6.45) is 0. The van der Waals surface area contributed by atoms with Gasteiger partial charge in [0.05, 0.1) is 16.9 Å². The molecule has 0 fully saturated rings. The lowest BCUT2D eigenvalue weighted by atomic mass is 10.2. The van der Waals surface area contributed by atoms with Gasteiger partial charge in [0.1, 0.15) is 11.9 Å². The third-order valence-electron chi connectivity index (χ3n) is 2.30. The van der Waals surface area contributed by atoms with E-state index in [1.54, 1.807) is 24.3 Å². The summed E-state index contributed by atoms with van der Waals surface area (Å²) in [6.45, 7) is 0. The first-order valence-corrected chi connectivity index (χ1v) is 6.47. The maximum atomic E-state index is 13.0. The average molecular weight is 373 g/mol. The molecule has 0 aliphatic heterocycles. The molecule has 2 rings (SSSR count). The van der Waals surface area contributed by atoms with Crippen molar-refractivity contribution in [2.24, 2.45) is 0 Å². The van der Waals surface area contributed by atoms with Crippen LogP contribution in [0.2, 0.25) is 5.02 Å². The number of hydrogen-bond donors (Lipinski definition) is 1. The van der Waals surface area contributed by atoms with Crippen LogP contribution in [0.1, 0.15) is 5.56 Å². The quantitative estimate of drug-likeness (QED) is 0.776. The highest BCUT2D eigenvalue weighted by Gasteiger charge is 2.06. The minimum atomic E-state index is -0.290. The molecule has 0 unspecified atom stereocenters. The van der Waals surface area contributed by atoms with Crippen molar-refractivity contribution in [2.75, 3.05) is 5.32 Å². The highest BCUT2D eigenvalue weighted by molar-refractivity contribution is 14.1. The molecule has 0 aromatic heterocycles. The van der Waals surface area contributed by atoms with Gasteiger partial charge in [-0.15, -0.1) is 0 Å². The van der Waals surface area contributed by atoms with Crippen LogP contribution in [0.4, 0.5) is 15.8 Å². The zero-order valence-corrected chi connectivity index (χ0v) is 12.0. The zero-order chi connectivity index (χ0) is 13.1. The van der Waals surface area contributed by atoms with Crippen LogP contribution in [0.5, 0.6) is 0 Å². The lowest BCUT2D eigenvalue weighted by Gasteiger charge is -2.10. The van der Waals surface area contributed by atoms with Gasteiger partial charge in [0.25, 0.3) is 0 Å². The molecule has 0 bridgehead atoms. The van der Waals surface area contributed by atoms with Crippen LogP contribution in [-0.2, 0) is 0 Å². The fourth-order valence-electron chi connectivity index (χ4n) is 1.45. The zero-order valence-electron chi connectivity index (χ0n) is 9.05. The monoisotopic (exact) mass is 372 g/mol. The predicted octanol–water partition coefficient (Wildman–Crippen LogP) is 4.70. The smallest absolute Gasteiger partial charge is 0.124 e. The molecular weight excluding hydrogens is 366 g/mol. The Hall–Kier alpha value is -1.32. The lowest BCUT2D eigenvalue weighted by molar-refractivity contribution is 0.627. The van der Waals surface area contributed by atoms with Gasteiger partial charge in [-0.3, -0.25) is 0 Å². The Morgan fingerprint density at radius 1 is 1.17 bits per heavy atom. The van der Waals surface area contributed by atoms with Crippen LogP contribution in [-0.4, -0.2) is 0 Å². The maximum absolute atomic E-state index is 13.0. The van der Waals surface area contributed by atoms with Gasteiger partial charge in [-0.05, 0) is 59.0 Å². The number of rotatable bonds is 2. The molecule has 0 amide bonds. The van der Waals surface area contributed by atoms with Gasteiger partial charge in [0.2, 0.25) is 0 Å². The molecule has 0 radical (unpaired) electrons. The average Bonchev–Trinajstić information content (AvgIpc) is 2.34. The topological polar surface area (TPSA) is 35.8 Å². The molecule has 0 atom stereocenters. The molecule has 0 aliphatic carbocycles. The Bertz CT molecular complexity index is 637. The Kier molecular flexibility index (Phi) is 4.04. The fraction of sp³-hybridized carbons (Fsp3) is 0. The number of nitriles is 1. The first-order chi connectivity index (χ1) is 8.60. The number of halogens is 3. The Labute approximate surface area is 123 Å². The van der Waals surface area contributed by atoms with Crippen molar-refractivity contribution < 1.29 is 4.39 Å². The maximum Gasteiger partial charge on any atom is 0.124 e. The van der Waals surface area contributed by atoms with Crippen LogP contribution in [0, 0.1) is 20.7 Å². The summed E-state index contributed by atoms with van der Waals surface area (Å²) in [5.74, 6) is -0.290. The largest absolute Gasteiger partial charge is 0.354 e. The van der Waals surface area contributed by atoms with E-state index in [0.29, 0.717) is 16.3 Å². The van der Waals surface area contributed by atoms with Crippen LogP contribution >= 0.6 is 34.2 Å². The summed E-state index contributed by atoms with van der Waals surface area (Å²) in [4.78, 5) is 0. The second-order valence-electron chi connectivity index (χ2n) is 3.55. The van der Waals surface area contributed by atoms with E-state index in [-0.39, 0.29) is 5.82 Å². The Balaban J connectivity index is 2.37. The molecule has 0 saturated carbocycles. The Morgan fingerprint density at radius 3 is 2.56 bits per heavy atom. The van der Waals surface area contributed by atoms with Gasteiger partial charge < -0.3 is 5.32 Å². The third-order valence-corrected chi connectivity index (χ3v) is 3.43. The molecule has 0 spiro atoms. The molecule has 0 heterocycles. The van der Waals surface area contributed by atoms with Crippen molar-refractivity contribution in [3.05, 3.63) is 56.4 Å². The van der Waals surface area contributed by atoms with E-state index in [1.165, 1.54) is 12.1 Å². The van der Waals surface area contributed by atoms with E-state index in [2.05, 4.69) is 11.4 Å². The second kappa shape index (κ2) is 5.55. The molecule has 2 aromatic carbocycles. The molecular formula is C13H7ClFIN2. The number of nitrogens with zero attached hydrogens (tertiary/aromatic N) is 1. The summed E-state index contributed by atoms with van der Waals surface area (Å²) in [5.41, 5.74) is 1.84. The van der Waals surface area contributed by atoms with E-state index in [9.17, 15) is 4.39 Å². The summed E-state index contributed by atoms with van der Waals surface area (Å²) in [6, 6.07) is 11.5. The van der Waals surface area contributed by atoms with Crippen molar-refractivity contribution in [3.63, 3.8) is 0 Å². The molecule has 0 saturated heterocycles. The van der Waals surface area contributed by atoms with Gasteiger partial charge in [-0.25, -0.2) is 4.39 Å². The van der Waals surface area contributed by atoms with E-state index in [4.69, 9.17) is 16.9 Å². The molecule has 5 heteroatoms. The van der Waals surface area contributed by atoms with E-state index in [1.807, 2.05) is 22.6 Å². The van der Waals surface area contributed by atoms with Crippen LogP contribution in [0.3, 0.4) is 0 Å². The molecule has 0 aliphatic rings. The van der Waals surface area contributed by atoms with Gasteiger partial charge in [0, 0.05) is 8.59 Å². The van der Waals surface area contributed by atoms with Crippen LogP contribution < -0.4 is 5.32 Å². The number of benzene rings is 2.